The number of piperidine rings is 1. The largest absolute Gasteiger partial charge is 0.417 e. The van der Waals surface area contributed by atoms with E-state index in [4.69, 9.17) is 0 Å². The molecule has 19 heavy (non-hydrogen) atoms. The van der Waals surface area contributed by atoms with Crippen molar-refractivity contribution in [2.45, 2.75) is 24.9 Å². The molecule has 1 fully saturated rings. The Bertz CT molecular complexity index is 580. The monoisotopic (exact) mass is 268 g/mol. The summed E-state index contributed by atoms with van der Waals surface area (Å²) >= 11 is 0. The highest BCUT2D eigenvalue weighted by molar-refractivity contribution is 5.87. The van der Waals surface area contributed by atoms with Gasteiger partial charge in [0, 0.05) is 17.1 Å². The Morgan fingerprint density at radius 2 is 1.84 bits per heavy atom. The maximum atomic E-state index is 13.1. The van der Waals surface area contributed by atoms with Gasteiger partial charge in [0.1, 0.15) is 0 Å². The Morgan fingerprint density at radius 1 is 1.11 bits per heavy atom. The Labute approximate surface area is 109 Å². The van der Waals surface area contributed by atoms with E-state index in [-0.39, 0.29) is 5.92 Å². The third kappa shape index (κ3) is 2.23. The summed E-state index contributed by atoms with van der Waals surface area (Å²) in [6.07, 6.45) is -0.780. The highest BCUT2D eigenvalue weighted by Gasteiger charge is 2.34. The Balaban J connectivity index is 2.15. The first-order chi connectivity index (χ1) is 9.07. The molecule has 5 heteroatoms. The topological polar surface area (TPSA) is 27.8 Å². The quantitative estimate of drug-likeness (QED) is 0.811. The molecule has 2 heterocycles. The molecule has 2 N–H and O–H groups in total. The van der Waals surface area contributed by atoms with E-state index in [0.29, 0.717) is 10.9 Å². The number of benzene rings is 1. The molecular weight excluding hydrogens is 253 g/mol. The van der Waals surface area contributed by atoms with Crippen LogP contribution in [0, 0.1) is 0 Å². The van der Waals surface area contributed by atoms with Crippen LogP contribution in [0.15, 0.2) is 24.4 Å². The molecule has 0 spiro atoms. The van der Waals surface area contributed by atoms with Gasteiger partial charge in [-0.05, 0) is 49.5 Å². The summed E-state index contributed by atoms with van der Waals surface area (Å²) in [7, 11) is 0. The van der Waals surface area contributed by atoms with Crippen molar-refractivity contribution in [2.24, 2.45) is 0 Å². The molecule has 2 nitrogen and oxygen atoms in total. The second-order valence-electron chi connectivity index (χ2n) is 4.99. The lowest BCUT2D eigenvalue weighted by Crippen LogP contribution is -2.26. The van der Waals surface area contributed by atoms with Crippen molar-refractivity contribution >= 4 is 10.9 Å². The van der Waals surface area contributed by atoms with Crippen molar-refractivity contribution in [3.63, 3.8) is 0 Å². The van der Waals surface area contributed by atoms with Gasteiger partial charge in [-0.25, -0.2) is 0 Å². The van der Waals surface area contributed by atoms with E-state index >= 15 is 0 Å². The van der Waals surface area contributed by atoms with Crippen LogP contribution in [0.1, 0.15) is 29.9 Å². The maximum absolute atomic E-state index is 13.1. The fourth-order valence-electron chi connectivity index (χ4n) is 2.90. The second-order valence-corrected chi connectivity index (χ2v) is 4.99. The van der Waals surface area contributed by atoms with Crippen LogP contribution in [0.5, 0.6) is 0 Å². The van der Waals surface area contributed by atoms with Crippen molar-refractivity contribution in [1.82, 2.24) is 10.3 Å². The maximum Gasteiger partial charge on any atom is 0.417 e. The van der Waals surface area contributed by atoms with E-state index in [1.165, 1.54) is 12.1 Å². The molecule has 0 aliphatic carbocycles. The number of hydrogen-bond donors (Lipinski definition) is 2. The fourth-order valence-corrected chi connectivity index (χ4v) is 2.90. The highest BCUT2D eigenvalue weighted by atomic mass is 19.4. The molecule has 0 saturated carbocycles. The van der Waals surface area contributed by atoms with Gasteiger partial charge in [-0.3, -0.25) is 0 Å². The Morgan fingerprint density at radius 3 is 2.53 bits per heavy atom. The Kier molecular flexibility index (Phi) is 3.01. The van der Waals surface area contributed by atoms with Gasteiger partial charge in [0.15, 0.2) is 0 Å². The summed E-state index contributed by atoms with van der Waals surface area (Å²) in [5.41, 5.74) is 0.854. The van der Waals surface area contributed by atoms with Gasteiger partial charge in [-0.1, -0.05) is 6.07 Å². The lowest BCUT2D eigenvalue weighted by atomic mass is 9.88. The molecule has 102 valence electrons. The number of aromatic amines is 1. The van der Waals surface area contributed by atoms with Crippen LogP contribution in [-0.4, -0.2) is 18.1 Å². The van der Waals surface area contributed by atoms with Crippen LogP contribution < -0.4 is 5.32 Å². The predicted molar refractivity (Wildman–Crippen MR) is 68.1 cm³/mol. The van der Waals surface area contributed by atoms with Crippen LogP contribution in [0.4, 0.5) is 13.2 Å². The summed E-state index contributed by atoms with van der Waals surface area (Å²) in [6, 6.07) is 4.32. The number of alkyl halides is 3. The summed E-state index contributed by atoms with van der Waals surface area (Å²) in [4.78, 5) is 2.98. The molecule has 1 saturated heterocycles. The normalized spacial score (nSPS) is 18.1. The average molecular weight is 268 g/mol. The number of aromatic nitrogens is 1. The first-order valence-electron chi connectivity index (χ1n) is 6.45. The van der Waals surface area contributed by atoms with Gasteiger partial charge in [-0.2, -0.15) is 13.2 Å². The number of fused-ring (bicyclic) bond motifs is 1. The van der Waals surface area contributed by atoms with Gasteiger partial charge in [-0.15, -0.1) is 0 Å². The smallest absolute Gasteiger partial charge is 0.361 e. The SMILES string of the molecule is FC(F)(F)c1cccc2[nH]cc(C3CCNCC3)c12. The molecular formula is C14H15F3N2. The Hall–Kier alpha value is -1.49. The van der Waals surface area contributed by atoms with E-state index in [1.54, 1.807) is 12.3 Å². The zero-order valence-corrected chi connectivity index (χ0v) is 10.3. The summed E-state index contributed by atoms with van der Waals surface area (Å²) in [5.74, 6) is 0.207. The van der Waals surface area contributed by atoms with E-state index < -0.39 is 11.7 Å². The van der Waals surface area contributed by atoms with E-state index in [2.05, 4.69) is 10.3 Å². The highest BCUT2D eigenvalue weighted by Crippen LogP contribution is 2.39. The van der Waals surface area contributed by atoms with Crippen LogP contribution in [0.2, 0.25) is 0 Å². The van der Waals surface area contributed by atoms with Crippen molar-refractivity contribution in [1.29, 1.82) is 0 Å². The molecule has 3 rings (SSSR count). The van der Waals surface area contributed by atoms with Crippen molar-refractivity contribution in [3.8, 4) is 0 Å². The van der Waals surface area contributed by atoms with Crippen LogP contribution >= 0.6 is 0 Å². The fraction of sp³-hybridized carbons (Fsp3) is 0.429. The lowest BCUT2D eigenvalue weighted by molar-refractivity contribution is -0.136. The zero-order chi connectivity index (χ0) is 13.5. The molecule has 1 aromatic heterocycles. The molecule has 0 radical (unpaired) electrons. The lowest BCUT2D eigenvalue weighted by Gasteiger charge is -2.23. The molecule has 1 aromatic carbocycles. The minimum atomic E-state index is -4.30. The minimum absolute atomic E-state index is 0.207. The summed E-state index contributed by atoms with van der Waals surface area (Å²) < 4.78 is 39.3. The first kappa shape index (κ1) is 12.5. The third-order valence-corrected chi connectivity index (χ3v) is 3.82. The van der Waals surface area contributed by atoms with Crippen molar-refractivity contribution in [3.05, 3.63) is 35.5 Å². The number of halogens is 3. The number of rotatable bonds is 1. The predicted octanol–water partition coefficient (Wildman–Crippen LogP) is 3.65. The van der Waals surface area contributed by atoms with E-state index in [0.717, 1.165) is 31.5 Å². The number of nitrogens with one attached hydrogen (secondary N) is 2. The van der Waals surface area contributed by atoms with Gasteiger partial charge in [0.05, 0.1) is 5.56 Å². The standard InChI is InChI=1S/C14H15F3N2/c15-14(16,17)11-2-1-3-12-13(11)10(8-19-12)9-4-6-18-7-5-9/h1-3,8-9,18-19H,4-7H2. The molecule has 2 aromatic rings. The van der Waals surface area contributed by atoms with Gasteiger partial charge < -0.3 is 10.3 Å². The second kappa shape index (κ2) is 4.56. The van der Waals surface area contributed by atoms with Crippen molar-refractivity contribution in [2.75, 3.05) is 13.1 Å². The van der Waals surface area contributed by atoms with Crippen LogP contribution in [-0.2, 0) is 6.18 Å². The third-order valence-electron chi connectivity index (χ3n) is 3.82. The van der Waals surface area contributed by atoms with Gasteiger partial charge in [0.2, 0.25) is 0 Å². The van der Waals surface area contributed by atoms with E-state index in [9.17, 15) is 13.2 Å². The number of H-pyrrole nitrogens is 1. The van der Waals surface area contributed by atoms with Gasteiger partial charge >= 0.3 is 6.18 Å². The van der Waals surface area contributed by atoms with Gasteiger partial charge in [0.25, 0.3) is 0 Å². The summed E-state index contributed by atoms with van der Waals surface area (Å²) in [6.45, 7) is 1.73. The number of hydrogen-bond acceptors (Lipinski definition) is 1. The van der Waals surface area contributed by atoms with Crippen molar-refractivity contribution < 1.29 is 13.2 Å². The molecule has 1 aliphatic rings. The molecule has 0 bridgehead atoms. The van der Waals surface area contributed by atoms with E-state index in [1.807, 2.05) is 0 Å². The molecule has 0 atom stereocenters. The van der Waals surface area contributed by atoms with Crippen LogP contribution in [0.25, 0.3) is 10.9 Å². The molecule has 0 amide bonds. The molecule has 0 unspecified atom stereocenters. The van der Waals surface area contributed by atoms with Crippen LogP contribution in [0.3, 0.4) is 0 Å². The molecule has 1 aliphatic heterocycles. The average Bonchev–Trinajstić information content (AvgIpc) is 2.82. The summed E-state index contributed by atoms with van der Waals surface area (Å²) in [5, 5.41) is 3.59. The zero-order valence-electron chi connectivity index (χ0n) is 10.3. The minimum Gasteiger partial charge on any atom is -0.361 e. The first-order valence-corrected chi connectivity index (χ1v) is 6.45.